The fourth-order valence-corrected chi connectivity index (χ4v) is 6.65. The van der Waals surface area contributed by atoms with E-state index < -0.39 is 0 Å². The summed E-state index contributed by atoms with van der Waals surface area (Å²) in [5, 5.41) is 2.14. The van der Waals surface area contributed by atoms with Gasteiger partial charge in [0.1, 0.15) is 4.83 Å². The van der Waals surface area contributed by atoms with E-state index >= 15 is 0 Å². The molecule has 0 aliphatic carbocycles. The maximum Gasteiger partial charge on any atom is 0.267 e. The summed E-state index contributed by atoms with van der Waals surface area (Å²) in [6.45, 7) is 6.91. The molecule has 0 saturated carbocycles. The third-order valence-electron chi connectivity index (χ3n) is 6.03. The van der Waals surface area contributed by atoms with Crippen LogP contribution in [-0.4, -0.2) is 15.7 Å². The highest BCUT2D eigenvalue weighted by Crippen LogP contribution is 2.37. The summed E-state index contributed by atoms with van der Waals surface area (Å²) in [5.41, 5.74) is 4.06. The van der Waals surface area contributed by atoms with Crippen LogP contribution in [-0.2, 0) is 23.5 Å². The molecular weight excluding hydrogens is 472 g/mol. The molecule has 0 fully saturated rings. The third kappa shape index (κ3) is 4.37. The molecule has 2 aromatic carbocycles. The van der Waals surface area contributed by atoms with Crippen molar-refractivity contribution in [3.63, 3.8) is 0 Å². The molecular formula is C26H25ClN2O2S2. The molecule has 0 radical (unpaired) electrons. The maximum absolute atomic E-state index is 14.0. The smallest absolute Gasteiger partial charge is 0.267 e. The van der Waals surface area contributed by atoms with Crippen LogP contribution in [0.4, 0.5) is 0 Å². The lowest BCUT2D eigenvalue weighted by Crippen LogP contribution is -2.28. The number of hydrogen-bond acceptors (Lipinski definition) is 5. The molecule has 0 amide bonds. The number of rotatable bonds is 5. The Kier molecular flexibility index (Phi) is 6.36. The Hall–Kier alpha value is -2.12. The molecule has 2 aromatic heterocycles. The first-order chi connectivity index (χ1) is 15.9. The standard InChI is InChI=1S/C26H25ClN2O2S2/c1-15(2)21-12-19-22(13-31-21)33-24-23(19)25(30)29(18-9-6-7-16(3)11-18)26(28-24)32-14-17-8-4-5-10-20(17)27/h4-11,15,21H,12-14H2,1-3H3/t21-/m0/s1. The topological polar surface area (TPSA) is 44.1 Å². The van der Waals surface area contributed by atoms with Crippen molar-refractivity contribution in [1.29, 1.82) is 0 Å². The summed E-state index contributed by atoms with van der Waals surface area (Å²) in [4.78, 5) is 20.9. The average molecular weight is 497 g/mol. The zero-order chi connectivity index (χ0) is 23.1. The van der Waals surface area contributed by atoms with Crippen molar-refractivity contribution in [1.82, 2.24) is 9.55 Å². The number of hydrogen-bond donors (Lipinski definition) is 0. The predicted octanol–water partition coefficient (Wildman–Crippen LogP) is 6.80. The van der Waals surface area contributed by atoms with Crippen molar-refractivity contribution in [3.05, 3.63) is 85.5 Å². The van der Waals surface area contributed by atoms with E-state index in [1.807, 2.05) is 55.5 Å². The van der Waals surface area contributed by atoms with Crippen LogP contribution in [0.1, 0.15) is 35.4 Å². The van der Waals surface area contributed by atoms with Crippen LogP contribution in [0.25, 0.3) is 15.9 Å². The molecule has 7 heteroatoms. The Bertz CT molecular complexity index is 1390. The Balaban J connectivity index is 1.67. The van der Waals surface area contributed by atoms with Gasteiger partial charge in [0, 0.05) is 22.1 Å². The molecule has 4 aromatic rings. The zero-order valence-electron chi connectivity index (χ0n) is 18.8. The highest BCUT2D eigenvalue weighted by Gasteiger charge is 2.28. The molecule has 0 N–H and O–H groups in total. The monoisotopic (exact) mass is 496 g/mol. The Labute approximate surface area is 206 Å². The van der Waals surface area contributed by atoms with E-state index in [0.717, 1.165) is 48.9 Å². The van der Waals surface area contributed by atoms with Crippen molar-refractivity contribution in [2.45, 2.75) is 50.8 Å². The minimum atomic E-state index is -0.00540. The molecule has 0 saturated heterocycles. The lowest BCUT2D eigenvalue weighted by molar-refractivity contribution is 0.00200. The Morgan fingerprint density at radius 3 is 2.82 bits per heavy atom. The fraction of sp³-hybridized carbons (Fsp3) is 0.308. The average Bonchev–Trinajstić information content (AvgIpc) is 3.16. The van der Waals surface area contributed by atoms with Gasteiger partial charge < -0.3 is 4.74 Å². The summed E-state index contributed by atoms with van der Waals surface area (Å²) >= 11 is 9.51. The summed E-state index contributed by atoms with van der Waals surface area (Å²) < 4.78 is 7.84. The number of ether oxygens (including phenoxy) is 1. The van der Waals surface area contributed by atoms with Gasteiger partial charge in [0.05, 0.1) is 23.8 Å². The Morgan fingerprint density at radius 1 is 1.24 bits per heavy atom. The fourth-order valence-electron chi connectivity index (χ4n) is 4.19. The molecule has 3 heterocycles. The largest absolute Gasteiger partial charge is 0.372 e. The number of fused-ring (bicyclic) bond motifs is 3. The van der Waals surface area contributed by atoms with Crippen LogP contribution in [0.2, 0.25) is 5.02 Å². The zero-order valence-corrected chi connectivity index (χ0v) is 21.2. The number of halogens is 1. The number of thiophene rings is 1. The van der Waals surface area contributed by atoms with E-state index in [9.17, 15) is 4.79 Å². The molecule has 5 rings (SSSR count). The number of thioether (sulfide) groups is 1. The van der Waals surface area contributed by atoms with Gasteiger partial charge >= 0.3 is 0 Å². The lowest BCUT2D eigenvalue weighted by atomic mass is 9.96. The van der Waals surface area contributed by atoms with Gasteiger partial charge in [-0.1, -0.05) is 67.5 Å². The lowest BCUT2D eigenvalue weighted by Gasteiger charge is -2.26. The van der Waals surface area contributed by atoms with E-state index in [1.54, 1.807) is 15.9 Å². The number of benzene rings is 2. The van der Waals surface area contributed by atoms with Gasteiger partial charge in [-0.15, -0.1) is 11.3 Å². The van der Waals surface area contributed by atoms with Crippen molar-refractivity contribution in [3.8, 4) is 5.69 Å². The van der Waals surface area contributed by atoms with E-state index in [-0.39, 0.29) is 11.7 Å². The number of nitrogens with zero attached hydrogens (tertiary/aromatic N) is 2. The molecule has 0 unspecified atom stereocenters. The predicted molar refractivity (Wildman–Crippen MR) is 138 cm³/mol. The van der Waals surface area contributed by atoms with E-state index in [0.29, 0.717) is 23.4 Å². The molecule has 1 atom stereocenters. The molecule has 4 nitrogen and oxygen atoms in total. The van der Waals surface area contributed by atoms with E-state index in [4.69, 9.17) is 21.3 Å². The molecule has 1 aliphatic rings. The summed E-state index contributed by atoms with van der Waals surface area (Å²) in [7, 11) is 0. The van der Waals surface area contributed by atoms with Crippen LogP contribution in [0, 0.1) is 12.8 Å². The van der Waals surface area contributed by atoms with Crippen LogP contribution in [0.3, 0.4) is 0 Å². The normalized spacial score (nSPS) is 15.8. The highest BCUT2D eigenvalue weighted by molar-refractivity contribution is 7.98. The summed E-state index contributed by atoms with van der Waals surface area (Å²) in [5.74, 6) is 1.03. The molecule has 33 heavy (non-hydrogen) atoms. The number of aryl methyl sites for hydroxylation is 1. The van der Waals surface area contributed by atoms with Gasteiger partial charge in [-0.25, -0.2) is 4.98 Å². The molecule has 0 bridgehead atoms. The molecule has 170 valence electrons. The highest BCUT2D eigenvalue weighted by atomic mass is 35.5. The first-order valence-electron chi connectivity index (χ1n) is 11.0. The van der Waals surface area contributed by atoms with Crippen molar-refractivity contribution in [2.24, 2.45) is 5.92 Å². The first-order valence-corrected chi connectivity index (χ1v) is 13.2. The van der Waals surface area contributed by atoms with Crippen LogP contribution >= 0.6 is 34.7 Å². The van der Waals surface area contributed by atoms with Gasteiger partial charge in [-0.3, -0.25) is 9.36 Å². The van der Waals surface area contributed by atoms with Crippen LogP contribution in [0.5, 0.6) is 0 Å². The van der Waals surface area contributed by atoms with E-state index in [2.05, 4.69) is 13.8 Å². The number of aromatic nitrogens is 2. The van der Waals surface area contributed by atoms with Gasteiger partial charge in [0.2, 0.25) is 0 Å². The second kappa shape index (κ2) is 9.26. The Morgan fingerprint density at radius 2 is 2.06 bits per heavy atom. The third-order valence-corrected chi connectivity index (χ3v) is 8.48. The van der Waals surface area contributed by atoms with Gasteiger partial charge in [0.25, 0.3) is 5.56 Å². The van der Waals surface area contributed by atoms with Gasteiger partial charge in [-0.2, -0.15) is 0 Å². The quantitative estimate of drug-likeness (QED) is 0.225. The SMILES string of the molecule is Cc1cccc(-n2c(SCc3ccccc3Cl)nc3sc4c(c3c2=O)C[C@@H](C(C)C)OC4)c1. The van der Waals surface area contributed by atoms with Crippen LogP contribution < -0.4 is 5.56 Å². The van der Waals surface area contributed by atoms with Crippen LogP contribution in [0.15, 0.2) is 58.5 Å². The van der Waals surface area contributed by atoms with Gasteiger partial charge in [0.15, 0.2) is 5.16 Å². The second-order valence-electron chi connectivity index (χ2n) is 8.74. The van der Waals surface area contributed by atoms with Crippen molar-refractivity contribution < 1.29 is 4.74 Å². The second-order valence-corrected chi connectivity index (χ2v) is 11.2. The summed E-state index contributed by atoms with van der Waals surface area (Å²) in [6, 6.07) is 15.8. The van der Waals surface area contributed by atoms with E-state index in [1.165, 1.54) is 11.8 Å². The summed E-state index contributed by atoms with van der Waals surface area (Å²) in [6.07, 6.45) is 0.875. The maximum atomic E-state index is 14.0. The molecule has 1 aliphatic heterocycles. The van der Waals surface area contributed by atoms with Crippen molar-refractivity contribution >= 4 is 44.9 Å². The minimum absolute atomic E-state index is 0.00540. The van der Waals surface area contributed by atoms with Crippen molar-refractivity contribution in [2.75, 3.05) is 0 Å². The minimum Gasteiger partial charge on any atom is -0.372 e. The molecule has 0 spiro atoms. The van der Waals surface area contributed by atoms with Gasteiger partial charge in [-0.05, 0) is 47.7 Å². The first kappa shape index (κ1) is 22.7.